The van der Waals surface area contributed by atoms with Gasteiger partial charge in [0.05, 0.1) is 25.5 Å². The van der Waals surface area contributed by atoms with Crippen LogP contribution in [0.5, 0.6) is 0 Å². The smallest absolute Gasteiger partial charge is 0.0558 e. The Labute approximate surface area is 102 Å². The van der Waals surface area contributed by atoms with Crippen LogP contribution in [0, 0.1) is 0 Å². The zero-order valence-electron chi connectivity index (χ0n) is 10.5. The Hall–Kier alpha value is -0.950. The molecule has 0 spiro atoms. The van der Waals surface area contributed by atoms with Crippen LogP contribution < -0.4 is 5.73 Å². The van der Waals surface area contributed by atoms with Gasteiger partial charge < -0.3 is 15.9 Å². The number of aliphatic hydroxyl groups excluding tert-OH is 2. The Morgan fingerprint density at radius 3 is 2.35 bits per heavy atom. The Kier molecular flexibility index (Phi) is 5.57. The predicted octanol–water partition coefficient (Wildman–Crippen LogP) is -0.905. The van der Waals surface area contributed by atoms with Gasteiger partial charge in [-0.15, -0.1) is 0 Å². The van der Waals surface area contributed by atoms with Gasteiger partial charge in [-0.1, -0.05) is 0 Å². The Morgan fingerprint density at radius 1 is 1.41 bits per heavy atom. The zero-order valence-corrected chi connectivity index (χ0v) is 10.5. The van der Waals surface area contributed by atoms with Crippen molar-refractivity contribution in [1.82, 2.24) is 14.7 Å². The molecule has 0 saturated heterocycles. The summed E-state index contributed by atoms with van der Waals surface area (Å²) in [5.74, 6) is 0. The van der Waals surface area contributed by atoms with Gasteiger partial charge in [-0.25, -0.2) is 0 Å². The summed E-state index contributed by atoms with van der Waals surface area (Å²) in [6.45, 7) is 2.98. The van der Waals surface area contributed by atoms with E-state index in [1.807, 2.05) is 25.1 Å². The third-order valence-corrected chi connectivity index (χ3v) is 2.73. The van der Waals surface area contributed by atoms with E-state index >= 15 is 0 Å². The summed E-state index contributed by atoms with van der Waals surface area (Å²) in [5.41, 5.74) is 7.00. The highest BCUT2D eigenvalue weighted by atomic mass is 16.3. The van der Waals surface area contributed by atoms with Crippen molar-refractivity contribution < 1.29 is 10.2 Å². The maximum absolute atomic E-state index is 9.06. The normalized spacial score (nSPS) is 15.2. The van der Waals surface area contributed by atoms with Crippen LogP contribution in [0.3, 0.4) is 0 Å². The molecule has 0 fully saturated rings. The molecule has 6 heteroatoms. The lowest BCUT2D eigenvalue weighted by Crippen LogP contribution is -2.42. The first-order valence-electron chi connectivity index (χ1n) is 5.80. The average Bonchev–Trinajstić information content (AvgIpc) is 2.65. The summed E-state index contributed by atoms with van der Waals surface area (Å²) >= 11 is 0. The molecule has 1 aromatic heterocycles. The van der Waals surface area contributed by atoms with E-state index in [9.17, 15) is 0 Å². The third-order valence-electron chi connectivity index (χ3n) is 2.73. The molecule has 6 nitrogen and oxygen atoms in total. The molecule has 1 aromatic rings. The van der Waals surface area contributed by atoms with Crippen molar-refractivity contribution >= 4 is 0 Å². The van der Waals surface area contributed by atoms with E-state index in [-0.39, 0.29) is 25.3 Å². The molecule has 2 atom stereocenters. The number of hydrogen-bond donors (Lipinski definition) is 3. The highest BCUT2D eigenvalue weighted by Crippen LogP contribution is 2.22. The first kappa shape index (κ1) is 14.1. The standard InChI is InChI=1S/C11H22N4O2/c1-9(12)11(10-7-13-14(2)8-10)15(3-5-16)4-6-17/h7-9,11,16-17H,3-6,12H2,1-2H3. The fraction of sp³-hybridized carbons (Fsp3) is 0.727. The van der Waals surface area contributed by atoms with E-state index in [0.29, 0.717) is 13.1 Å². The van der Waals surface area contributed by atoms with E-state index < -0.39 is 0 Å². The second kappa shape index (κ2) is 6.70. The minimum Gasteiger partial charge on any atom is -0.395 e. The first-order valence-corrected chi connectivity index (χ1v) is 5.80. The van der Waals surface area contributed by atoms with Gasteiger partial charge in [-0.3, -0.25) is 9.58 Å². The zero-order chi connectivity index (χ0) is 12.8. The molecular formula is C11H22N4O2. The van der Waals surface area contributed by atoms with Gasteiger partial charge in [0.2, 0.25) is 0 Å². The van der Waals surface area contributed by atoms with Crippen LogP contribution >= 0.6 is 0 Å². The van der Waals surface area contributed by atoms with Crippen molar-refractivity contribution in [3.8, 4) is 0 Å². The van der Waals surface area contributed by atoms with Gasteiger partial charge in [-0.2, -0.15) is 5.10 Å². The molecule has 0 radical (unpaired) electrons. The van der Waals surface area contributed by atoms with Crippen molar-refractivity contribution in [2.24, 2.45) is 12.8 Å². The van der Waals surface area contributed by atoms with Crippen LogP contribution in [0.2, 0.25) is 0 Å². The van der Waals surface area contributed by atoms with Gasteiger partial charge in [0.25, 0.3) is 0 Å². The molecule has 2 unspecified atom stereocenters. The SMILES string of the molecule is CC(N)C(c1cnn(C)c1)N(CCO)CCO. The van der Waals surface area contributed by atoms with Crippen LogP contribution in [-0.2, 0) is 7.05 Å². The van der Waals surface area contributed by atoms with Gasteiger partial charge in [0.1, 0.15) is 0 Å². The molecule has 4 N–H and O–H groups in total. The molecule has 0 saturated carbocycles. The second-order valence-electron chi connectivity index (χ2n) is 4.23. The summed E-state index contributed by atoms with van der Waals surface area (Å²) in [4.78, 5) is 1.97. The second-order valence-corrected chi connectivity index (χ2v) is 4.23. The number of rotatable bonds is 7. The summed E-state index contributed by atoms with van der Waals surface area (Å²) in [7, 11) is 1.85. The summed E-state index contributed by atoms with van der Waals surface area (Å²) < 4.78 is 1.72. The van der Waals surface area contributed by atoms with Gasteiger partial charge >= 0.3 is 0 Å². The van der Waals surface area contributed by atoms with Crippen LogP contribution in [0.15, 0.2) is 12.4 Å². The van der Waals surface area contributed by atoms with Crippen molar-refractivity contribution in [2.75, 3.05) is 26.3 Å². The van der Waals surface area contributed by atoms with Crippen LogP contribution in [0.1, 0.15) is 18.5 Å². The molecule has 98 valence electrons. The van der Waals surface area contributed by atoms with Crippen LogP contribution in [0.4, 0.5) is 0 Å². The molecule has 0 aliphatic carbocycles. The minimum atomic E-state index is -0.0997. The van der Waals surface area contributed by atoms with Gasteiger partial charge in [-0.05, 0) is 6.92 Å². The molecule has 0 aromatic carbocycles. The minimum absolute atomic E-state index is 0.0389. The Morgan fingerprint density at radius 2 is 2.00 bits per heavy atom. The fourth-order valence-electron chi connectivity index (χ4n) is 2.09. The number of nitrogens with two attached hydrogens (primary N) is 1. The first-order chi connectivity index (χ1) is 8.10. The Bertz CT molecular complexity index is 321. The molecule has 0 amide bonds. The molecule has 1 rings (SSSR count). The van der Waals surface area contributed by atoms with E-state index in [4.69, 9.17) is 15.9 Å². The van der Waals surface area contributed by atoms with Gasteiger partial charge in [0.15, 0.2) is 0 Å². The Balaban J connectivity index is 2.89. The number of nitrogens with zero attached hydrogens (tertiary/aromatic N) is 3. The summed E-state index contributed by atoms with van der Waals surface area (Å²) in [6, 6.07) is -0.139. The number of aromatic nitrogens is 2. The molecule has 17 heavy (non-hydrogen) atoms. The van der Waals surface area contributed by atoms with Crippen molar-refractivity contribution in [2.45, 2.75) is 19.0 Å². The predicted molar refractivity (Wildman–Crippen MR) is 65.3 cm³/mol. The average molecular weight is 242 g/mol. The van der Waals surface area contributed by atoms with Crippen LogP contribution in [0.25, 0.3) is 0 Å². The largest absolute Gasteiger partial charge is 0.395 e. The third kappa shape index (κ3) is 3.78. The number of hydrogen-bond acceptors (Lipinski definition) is 5. The highest BCUT2D eigenvalue weighted by molar-refractivity contribution is 5.13. The van der Waals surface area contributed by atoms with Crippen LogP contribution in [-0.4, -0.2) is 57.2 Å². The summed E-state index contributed by atoms with van der Waals surface area (Å²) in [5, 5.41) is 22.3. The van der Waals surface area contributed by atoms with Gasteiger partial charge in [0, 0.05) is 37.9 Å². The lowest BCUT2D eigenvalue weighted by Gasteiger charge is -2.32. The quantitative estimate of drug-likeness (QED) is 0.576. The van der Waals surface area contributed by atoms with E-state index in [0.717, 1.165) is 5.56 Å². The van der Waals surface area contributed by atoms with E-state index in [1.165, 1.54) is 0 Å². The summed E-state index contributed by atoms with van der Waals surface area (Å²) in [6.07, 6.45) is 3.69. The van der Waals surface area contributed by atoms with Crippen molar-refractivity contribution in [1.29, 1.82) is 0 Å². The molecule has 1 heterocycles. The highest BCUT2D eigenvalue weighted by Gasteiger charge is 2.24. The maximum Gasteiger partial charge on any atom is 0.0558 e. The van der Waals surface area contributed by atoms with Crippen molar-refractivity contribution in [3.63, 3.8) is 0 Å². The fourth-order valence-corrected chi connectivity index (χ4v) is 2.09. The number of aliphatic hydroxyl groups is 2. The van der Waals surface area contributed by atoms with E-state index in [1.54, 1.807) is 10.9 Å². The lowest BCUT2D eigenvalue weighted by atomic mass is 10.0. The lowest BCUT2D eigenvalue weighted by molar-refractivity contribution is 0.111. The monoisotopic (exact) mass is 242 g/mol. The number of aryl methyl sites for hydroxylation is 1. The molecule has 0 aliphatic heterocycles. The molecular weight excluding hydrogens is 220 g/mol. The van der Waals surface area contributed by atoms with E-state index in [2.05, 4.69) is 5.10 Å². The topological polar surface area (TPSA) is 87.5 Å². The molecule has 0 aliphatic rings. The van der Waals surface area contributed by atoms with Crippen molar-refractivity contribution in [3.05, 3.63) is 18.0 Å². The maximum atomic E-state index is 9.06. The molecule has 0 bridgehead atoms.